The molecule has 2 atom stereocenters. The number of hydrogen-bond donors (Lipinski definition) is 0. The van der Waals surface area contributed by atoms with Crippen LogP contribution in [0.15, 0.2) is 41.3 Å². The van der Waals surface area contributed by atoms with E-state index in [9.17, 15) is 4.79 Å². The zero-order chi connectivity index (χ0) is 24.3. The van der Waals surface area contributed by atoms with Crippen molar-refractivity contribution in [3.63, 3.8) is 0 Å². The second-order valence-corrected chi connectivity index (χ2v) is 7.13. The number of aryl methyl sites for hydroxylation is 1. The van der Waals surface area contributed by atoms with E-state index < -0.39 is 25.4 Å². The normalized spacial score (nSPS) is 26.3. The third-order valence-corrected chi connectivity index (χ3v) is 5.09. The topological polar surface area (TPSA) is 78.2 Å². The van der Waals surface area contributed by atoms with Crippen molar-refractivity contribution in [1.29, 1.82) is 0 Å². The van der Waals surface area contributed by atoms with Crippen LogP contribution >= 0.6 is 0 Å². The highest BCUT2D eigenvalue weighted by Gasteiger charge is 2.32. The van der Waals surface area contributed by atoms with Crippen molar-refractivity contribution in [2.75, 3.05) is 31.1 Å². The fraction of sp³-hybridized carbons (Fsp3) is 0.381. The molecule has 4 heterocycles. The Morgan fingerprint density at radius 3 is 2.90 bits per heavy atom. The molecule has 0 amide bonds. The lowest BCUT2D eigenvalue weighted by atomic mass is 10.1. The van der Waals surface area contributed by atoms with Crippen molar-refractivity contribution in [2.24, 2.45) is 0 Å². The Labute approximate surface area is 177 Å². The summed E-state index contributed by atoms with van der Waals surface area (Å²) in [5, 5.41) is 4.38. The third kappa shape index (κ3) is 3.40. The van der Waals surface area contributed by atoms with Crippen molar-refractivity contribution in [2.45, 2.75) is 25.6 Å². The maximum atomic E-state index is 15.1. The van der Waals surface area contributed by atoms with Crippen molar-refractivity contribution in [3.05, 3.63) is 52.4 Å². The number of fused-ring (bicyclic) bond motifs is 2. The van der Waals surface area contributed by atoms with E-state index in [-0.39, 0.29) is 29.4 Å². The summed E-state index contributed by atoms with van der Waals surface area (Å²) in [5.41, 5.74) is 0.864. The molecule has 8 nitrogen and oxygen atoms in total. The summed E-state index contributed by atoms with van der Waals surface area (Å²) in [5.74, 6) is 0.751. The first-order valence-corrected chi connectivity index (χ1v) is 9.47. The summed E-state index contributed by atoms with van der Waals surface area (Å²) in [7, 11) is 0. The molecule has 0 N–H and O–H groups in total. The monoisotopic (exact) mass is 416 g/mol. The lowest BCUT2D eigenvalue weighted by Gasteiger charge is -2.36. The van der Waals surface area contributed by atoms with Gasteiger partial charge < -0.3 is 19.1 Å². The minimum atomic E-state index is -2.70. The zero-order valence-corrected chi connectivity index (χ0v) is 16.0. The molecular formula is C21H21FN4O4. The quantitative estimate of drug-likeness (QED) is 0.648. The Hall–Kier alpha value is -3.36. The fourth-order valence-corrected chi connectivity index (χ4v) is 3.62. The molecule has 9 heteroatoms. The van der Waals surface area contributed by atoms with E-state index >= 15 is 4.39 Å². The molecule has 0 aliphatic carbocycles. The standard InChI is InChI=1S/C21H21FN4O4/c1-13-10-19-23-6-4-20(27)26(19)24-21(13)25-7-5-16(15(22)12-25)30-14-2-3-17-18(11-14)29-9-8-28-17/h2-4,6,10-11,15-16H,5,7-9,12H2,1H3/t15-,16+/m0/s1/i8D2,9D2. The lowest BCUT2D eigenvalue weighted by Crippen LogP contribution is -2.47. The summed E-state index contributed by atoms with van der Waals surface area (Å²) in [6.07, 6.45) is -0.390. The van der Waals surface area contributed by atoms with Gasteiger partial charge in [0.05, 0.1) is 12.0 Å². The van der Waals surface area contributed by atoms with Crippen LogP contribution in [-0.4, -0.2) is 53.1 Å². The van der Waals surface area contributed by atoms with Crippen LogP contribution in [0.2, 0.25) is 0 Å². The van der Waals surface area contributed by atoms with Crippen LogP contribution in [0.4, 0.5) is 10.2 Å². The smallest absolute Gasteiger partial charge is 0.274 e. The molecular weight excluding hydrogens is 391 g/mol. The van der Waals surface area contributed by atoms with Crippen LogP contribution in [0, 0.1) is 6.92 Å². The van der Waals surface area contributed by atoms with Gasteiger partial charge in [0, 0.05) is 31.3 Å². The number of halogens is 1. The van der Waals surface area contributed by atoms with Crippen LogP contribution in [0.5, 0.6) is 17.2 Å². The first-order chi connectivity index (χ1) is 16.0. The third-order valence-electron chi connectivity index (χ3n) is 5.09. The molecule has 0 unspecified atom stereocenters. The highest BCUT2D eigenvalue weighted by molar-refractivity contribution is 5.53. The van der Waals surface area contributed by atoms with Crippen molar-refractivity contribution < 1.29 is 24.1 Å². The fourth-order valence-electron chi connectivity index (χ4n) is 3.62. The van der Waals surface area contributed by atoms with Gasteiger partial charge in [0.2, 0.25) is 0 Å². The highest BCUT2D eigenvalue weighted by atomic mass is 19.1. The summed E-state index contributed by atoms with van der Waals surface area (Å²) < 4.78 is 63.0. The highest BCUT2D eigenvalue weighted by Crippen LogP contribution is 2.35. The first kappa shape index (κ1) is 14.6. The number of piperidine rings is 1. The predicted octanol–water partition coefficient (Wildman–Crippen LogP) is 2.16. The SMILES string of the molecule is [2H]C1([2H])Oc2ccc(O[C@@H]3CCN(c4nn5c(=O)ccnc5cc4C)C[C@@H]3F)cc2OC1([2H])[2H]. The molecule has 3 aromatic rings. The Morgan fingerprint density at radius 2 is 2.07 bits per heavy atom. The molecule has 2 aliphatic heterocycles. The molecule has 0 bridgehead atoms. The summed E-state index contributed by atoms with van der Waals surface area (Å²) in [4.78, 5) is 18.0. The number of hydrogen-bond acceptors (Lipinski definition) is 7. The van der Waals surface area contributed by atoms with Gasteiger partial charge in [0.15, 0.2) is 29.1 Å². The molecule has 156 valence electrons. The first-order valence-electron chi connectivity index (χ1n) is 11.5. The number of ether oxygens (including phenoxy) is 3. The number of alkyl halides is 1. The molecule has 2 aromatic heterocycles. The molecule has 0 saturated carbocycles. The molecule has 30 heavy (non-hydrogen) atoms. The Morgan fingerprint density at radius 1 is 1.23 bits per heavy atom. The van der Waals surface area contributed by atoms with Crippen LogP contribution in [0.1, 0.15) is 17.5 Å². The molecule has 2 aliphatic rings. The lowest BCUT2D eigenvalue weighted by molar-refractivity contribution is 0.0809. The maximum Gasteiger partial charge on any atom is 0.274 e. The molecule has 5 rings (SSSR count). The summed E-state index contributed by atoms with van der Waals surface area (Å²) >= 11 is 0. The van der Waals surface area contributed by atoms with Gasteiger partial charge in [-0.2, -0.15) is 4.52 Å². The second kappa shape index (κ2) is 7.47. The molecule has 0 spiro atoms. The van der Waals surface area contributed by atoms with Crippen LogP contribution in [0.25, 0.3) is 5.65 Å². The van der Waals surface area contributed by atoms with E-state index in [1.807, 2.05) is 6.92 Å². The minimum Gasteiger partial charge on any atom is -0.487 e. The maximum absolute atomic E-state index is 15.1. The van der Waals surface area contributed by atoms with Crippen LogP contribution < -0.4 is 24.7 Å². The largest absolute Gasteiger partial charge is 0.487 e. The molecule has 1 aromatic carbocycles. The van der Waals surface area contributed by atoms with Gasteiger partial charge in [-0.15, -0.1) is 5.10 Å². The van der Waals surface area contributed by atoms with E-state index in [1.165, 1.54) is 35.0 Å². The van der Waals surface area contributed by atoms with Crippen LogP contribution in [-0.2, 0) is 0 Å². The Balaban J connectivity index is 1.31. The number of aromatic nitrogens is 3. The Bertz CT molecular complexity index is 1320. The molecule has 0 radical (unpaired) electrons. The Kier molecular flexibility index (Phi) is 3.64. The van der Waals surface area contributed by atoms with Gasteiger partial charge in [-0.3, -0.25) is 4.79 Å². The van der Waals surface area contributed by atoms with Crippen molar-refractivity contribution in [3.8, 4) is 17.2 Å². The number of nitrogens with zero attached hydrogens (tertiary/aromatic N) is 4. The number of anilines is 1. The summed E-state index contributed by atoms with van der Waals surface area (Å²) in [6, 6.07) is 7.29. The van der Waals surface area contributed by atoms with Gasteiger partial charge in [0.1, 0.15) is 25.0 Å². The van der Waals surface area contributed by atoms with Crippen LogP contribution in [0.3, 0.4) is 0 Å². The van der Waals surface area contributed by atoms with Gasteiger partial charge in [0.25, 0.3) is 5.56 Å². The summed E-state index contributed by atoms with van der Waals surface area (Å²) in [6.45, 7) is -3.09. The van der Waals surface area contributed by atoms with Crippen molar-refractivity contribution >= 4 is 11.5 Å². The number of benzene rings is 1. The van der Waals surface area contributed by atoms with E-state index in [1.54, 1.807) is 11.0 Å². The van der Waals surface area contributed by atoms with E-state index in [0.717, 1.165) is 5.56 Å². The molecule has 1 fully saturated rings. The van der Waals surface area contributed by atoms with E-state index in [2.05, 4.69) is 10.1 Å². The number of rotatable bonds is 3. The van der Waals surface area contributed by atoms with Gasteiger partial charge in [-0.25, -0.2) is 9.37 Å². The second-order valence-electron chi connectivity index (χ2n) is 7.13. The zero-order valence-electron chi connectivity index (χ0n) is 20.0. The van der Waals surface area contributed by atoms with E-state index in [4.69, 9.17) is 19.7 Å². The molecule has 1 saturated heterocycles. The van der Waals surface area contributed by atoms with Gasteiger partial charge in [-0.05, 0) is 30.7 Å². The average molecular weight is 416 g/mol. The predicted molar refractivity (Wildman–Crippen MR) is 108 cm³/mol. The van der Waals surface area contributed by atoms with Crippen molar-refractivity contribution in [1.82, 2.24) is 14.6 Å². The average Bonchev–Trinajstić information content (AvgIpc) is 2.75. The van der Waals surface area contributed by atoms with Gasteiger partial charge in [-0.1, -0.05) is 0 Å². The van der Waals surface area contributed by atoms with E-state index in [0.29, 0.717) is 24.4 Å². The minimum absolute atomic E-state index is 0.00628. The van der Waals surface area contributed by atoms with Gasteiger partial charge >= 0.3 is 0 Å².